The van der Waals surface area contributed by atoms with Gasteiger partial charge in [-0.05, 0) is 38.3 Å². The molecule has 101 valence electrons. The summed E-state index contributed by atoms with van der Waals surface area (Å²) in [6.45, 7) is 6.10. The predicted molar refractivity (Wildman–Crippen MR) is 78.8 cm³/mol. The third-order valence-corrected chi connectivity index (χ3v) is 3.36. The van der Waals surface area contributed by atoms with Crippen molar-refractivity contribution in [3.63, 3.8) is 0 Å². The zero-order valence-corrected chi connectivity index (χ0v) is 11.2. The molecule has 4 heteroatoms. The maximum atomic E-state index is 2.60. The third kappa shape index (κ3) is 5.21. The zero-order chi connectivity index (χ0) is 11.2. The van der Waals surface area contributed by atoms with Crippen molar-refractivity contribution in [1.29, 1.82) is 0 Å². The normalized spacial score (nSPS) is 18.8. The van der Waals surface area contributed by atoms with Crippen LogP contribution >= 0.6 is 0 Å². The van der Waals surface area contributed by atoms with E-state index in [1.807, 2.05) is 0 Å². The Bertz CT molecular complexity index is 308. The lowest BCUT2D eigenvalue weighted by Crippen LogP contribution is -2.24. The van der Waals surface area contributed by atoms with Crippen molar-refractivity contribution in [2.75, 3.05) is 19.6 Å². The maximum Gasteiger partial charge on any atom is 0.156 e. The summed E-state index contributed by atoms with van der Waals surface area (Å²) in [5, 5.41) is 0. The topological polar surface area (TPSA) is 66.2 Å². The number of nitrogens with zero attached hydrogens (tertiary/aromatic N) is 1. The van der Waals surface area contributed by atoms with Crippen molar-refractivity contribution in [2.45, 2.75) is 32.0 Å². The minimum atomic E-state index is 0. The molecule has 1 atom stereocenters. The molecule has 1 radical (unpaired) electrons. The first-order chi connectivity index (χ1) is 7.88. The van der Waals surface area contributed by atoms with Gasteiger partial charge in [-0.3, -0.25) is 0 Å². The molecule has 0 aromatic heterocycles. The van der Waals surface area contributed by atoms with Gasteiger partial charge in [0.2, 0.25) is 0 Å². The van der Waals surface area contributed by atoms with Crippen LogP contribution in [0.15, 0.2) is 30.3 Å². The number of benzene rings is 1. The van der Waals surface area contributed by atoms with E-state index in [1.54, 1.807) is 0 Å². The van der Waals surface area contributed by atoms with E-state index in [0.717, 1.165) is 5.82 Å². The first kappa shape index (κ1) is 17.2. The number of likely N-dealkylation sites (tertiary alicyclic amines) is 1. The van der Waals surface area contributed by atoms with Crippen LogP contribution in [0.5, 0.6) is 0 Å². The monoisotopic (exact) mass is 250 g/mol. The van der Waals surface area contributed by atoms with Gasteiger partial charge in [0.15, 0.2) is 7.28 Å². The van der Waals surface area contributed by atoms with E-state index >= 15 is 0 Å². The lowest BCUT2D eigenvalue weighted by atomic mass is 9.59. The lowest BCUT2D eigenvalue weighted by Gasteiger charge is -2.14. The molecule has 0 amide bonds. The summed E-state index contributed by atoms with van der Waals surface area (Å²) in [7, 11) is 2.44. The Morgan fingerprint density at radius 3 is 2.61 bits per heavy atom. The van der Waals surface area contributed by atoms with E-state index in [1.165, 1.54) is 44.4 Å². The van der Waals surface area contributed by atoms with Crippen molar-refractivity contribution in [1.82, 2.24) is 4.90 Å². The molecule has 0 aliphatic carbocycles. The van der Waals surface area contributed by atoms with Gasteiger partial charge in [0.1, 0.15) is 0 Å². The van der Waals surface area contributed by atoms with E-state index in [4.69, 9.17) is 0 Å². The van der Waals surface area contributed by atoms with Crippen molar-refractivity contribution in [2.24, 2.45) is 0 Å². The van der Waals surface area contributed by atoms with Crippen LogP contribution in [-0.4, -0.2) is 42.8 Å². The second-order valence-corrected chi connectivity index (χ2v) is 4.78. The number of rotatable bonds is 5. The highest BCUT2D eigenvalue weighted by molar-refractivity contribution is 6.55. The average molecular weight is 250 g/mol. The fourth-order valence-electron chi connectivity index (χ4n) is 2.42. The maximum absolute atomic E-state index is 2.60. The summed E-state index contributed by atoms with van der Waals surface area (Å²) in [5.41, 5.74) is 1.38. The first-order valence-electron chi connectivity index (χ1n) is 6.50. The second-order valence-electron chi connectivity index (χ2n) is 4.78. The zero-order valence-electron chi connectivity index (χ0n) is 11.2. The molecule has 1 aromatic carbocycles. The molecule has 1 aromatic rings. The van der Waals surface area contributed by atoms with E-state index in [0.29, 0.717) is 0 Å². The molecule has 1 fully saturated rings. The summed E-state index contributed by atoms with van der Waals surface area (Å²) >= 11 is 0. The molecule has 1 saturated heterocycles. The Morgan fingerprint density at radius 2 is 1.94 bits per heavy atom. The Balaban J connectivity index is 0.00000144. The SMILES string of the molecule is CCCCN1CCC([B]c2ccccc2)C1.O.O. The van der Waals surface area contributed by atoms with Gasteiger partial charge in [-0.25, -0.2) is 0 Å². The van der Waals surface area contributed by atoms with Gasteiger partial charge in [-0.2, -0.15) is 0 Å². The van der Waals surface area contributed by atoms with Crippen LogP contribution < -0.4 is 5.46 Å². The van der Waals surface area contributed by atoms with Gasteiger partial charge in [-0.1, -0.05) is 49.1 Å². The van der Waals surface area contributed by atoms with Gasteiger partial charge in [-0.15, -0.1) is 0 Å². The van der Waals surface area contributed by atoms with Crippen LogP contribution in [0, 0.1) is 0 Å². The fourth-order valence-corrected chi connectivity index (χ4v) is 2.42. The van der Waals surface area contributed by atoms with Gasteiger partial charge in [0.25, 0.3) is 0 Å². The molecule has 2 rings (SSSR count). The minimum Gasteiger partial charge on any atom is -0.412 e. The Hall–Kier alpha value is -0.835. The van der Waals surface area contributed by atoms with Crippen LogP contribution in [-0.2, 0) is 0 Å². The smallest absolute Gasteiger partial charge is 0.156 e. The summed E-state index contributed by atoms with van der Waals surface area (Å²) < 4.78 is 0. The second kappa shape index (κ2) is 9.14. The van der Waals surface area contributed by atoms with Gasteiger partial charge in [0, 0.05) is 0 Å². The van der Waals surface area contributed by atoms with Crippen LogP contribution in [0.3, 0.4) is 0 Å². The fraction of sp³-hybridized carbons (Fsp3) is 0.571. The van der Waals surface area contributed by atoms with Crippen molar-refractivity contribution < 1.29 is 11.0 Å². The van der Waals surface area contributed by atoms with Gasteiger partial charge < -0.3 is 15.9 Å². The molecule has 1 aliphatic rings. The molecular weight excluding hydrogens is 225 g/mol. The van der Waals surface area contributed by atoms with Gasteiger partial charge >= 0.3 is 0 Å². The van der Waals surface area contributed by atoms with E-state index in [9.17, 15) is 0 Å². The Kier molecular flexibility index (Phi) is 8.72. The van der Waals surface area contributed by atoms with Crippen LogP contribution in [0.1, 0.15) is 26.2 Å². The summed E-state index contributed by atoms with van der Waals surface area (Å²) in [6.07, 6.45) is 3.99. The average Bonchev–Trinajstić information content (AvgIpc) is 2.75. The molecule has 1 heterocycles. The number of hydrogen-bond donors (Lipinski definition) is 0. The van der Waals surface area contributed by atoms with Crippen molar-refractivity contribution >= 4 is 12.7 Å². The number of unbranched alkanes of at least 4 members (excludes halogenated alkanes) is 1. The third-order valence-electron chi connectivity index (χ3n) is 3.36. The molecule has 0 bridgehead atoms. The van der Waals surface area contributed by atoms with Crippen molar-refractivity contribution in [3.05, 3.63) is 30.3 Å². The highest BCUT2D eigenvalue weighted by Crippen LogP contribution is 2.20. The number of hydrogen-bond acceptors (Lipinski definition) is 1. The van der Waals surface area contributed by atoms with Crippen LogP contribution in [0.2, 0.25) is 5.82 Å². The van der Waals surface area contributed by atoms with E-state index in [-0.39, 0.29) is 11.0 Å². The molecular formula is C14H25BNO2. The summed E-state index contributed by atoms with van der Waals surface area (Å²) in [4.78, 5) is 2.60. The highest BCUT2D eigenvalue weighted by atomic mass is 16.0. The molecule has 1 unspecified atom stereocenters. The molecule has 18 heavy (non-hydrogen) atoms. The molecule has 0 spiro atoms. The van der Waals surface area contributed by atoms with Crippen LogP contribution in [0.4, 0.5) is 0 Å². The lowest BCUT2D eigenvalue weighted by molar-refractivity contribution is 0.332. The minimum absolute atomic E-state index is 0. The summed E-state index contributed by atoms with van der Waals surface area (Å²) in [5.74, 6) is 0.763. The molecule has 0 saturated carbocycles. The Labute approximate surface area is 111 Å². The molecule has 1 aliphatic heterocycles. The van der Waals surface area contributed by atoms with E-state index in [2.05, 4.69) is 49.4 Å². The van der Waals surface area contributed by atoms with Crippen molar-refractivity contribution in [3.8, 4) is 0 Å². The highest BCUT2D eigenvalue weighted by Gasteiger charge is 2.22. The van der Waals surface area contributed by atoms with E-state index < -0.39 is 0 Å². The molecule has 4 N–H and O–H groups in total. The largest absolute Gasteiger partial charge is 0.412 e. The quantitative estimate of drug-likeness (QED) is 0.708. The first-order valence-corrected chi connectivity index (χ1v) is 6.50. The standard InChI is InChI=1S/C14H21BN.2H2O/c1-2-3-10-16-11-9-14(12-16)15-13-7-5-4-6-8-13;;/h4-8,14H,2-3,9-12H2,1H3;2*1H2. The van der Waals surface area contributed by atoms with Gasteiger partial charge in [0.05, 0.1) is 0 Å². The Morgan fingerprint density at radius 1 is 1.22 bits per heavy atom. The predicted octanol–water partition coefficient (Wildman–Crippen LogP) is 0.661. The molecule has 3 nitrogen and oxygen atoms in total. The van der Waals surface area contributed by atoms with Crippen LogP contribution in [0.25, 0.3) is 0 Å². The summed E-state index contributed by atoms with van der Waals surface area (Å²) in [6, 6.07) is 10.7.